The number of fused-ring (bicyclic) bond motifs is 1. The zero-order chi connectivity index (χ0) is 13.7. The minimum absolute atomic E-state index is 0.0267. The van der Waals surface area contributed by atoms with Crippen LogP contribution in [0.2, 0.25) is 0 Å². The number of pyridine rings is 1. The Hall–Kier alpha value is -2.37. The molecule has 0 radical (unpaired) electrons. The Labute approximate surface area is 110 Å². The summed E-state index contributed by atoms with van der Waals surface area (Å²) >= 11 is 0. The lowest BCUT2D eigenvalue weighted by Gasteiger charge is -2.13. The van der Waals surface area contributed by atoms with Gasteiger partial charge in [-0.2, -0.15) is 0 Å². The molecular formula is C13H15N3O3. The molecule has 0 spiro atoms. The monoisotopic (exact) mass is 261 g/mol. The molecule has 0 fully saturated rings. The predicted molar refractivity (Wildman–Crippen MR) is 68.8 cm³/mol. The number of hydrogen-bond acceptors (Lipinski definition) is 3. The molecule has 0 bridgehead atoms. The van der Waals surface area contributed by atoms with Gasteiger partial charge in [-0.3, -0.25) is 9.59 Å². The third kappa shape index (κ3) is 3.54. The summed E-state index contributed by atoms with van der Waals surface area (Å²) in [6.45, 7) is 0. The maximum absolute atomic E-state index is 10.6. The maximum atomic E-state index is 10.6. The van der Waals surface area contributed by atoms with Crippen molar-refractivity contribution in [3.05, 3.63) is 36.3 Å². The second-order valence-electron chi connectivity index (χ2n) is 4.32. The van der Waals surface area contributed by atoms with Gasteiger partial charge < -0.3 is 14.8 Å². The maximum Gasteiger partial charge on any atom is 0.303 e. The van der Waals surface area contributed by atoms with Crippen molar-refractivity contribution < 1.29 is 14.7 Å². The van der Waals surface area contributed by atoms with Gasteiger partial charge >= 0.3 is 5.97 Å². The lowest BCUT2D eigenvalue weighted by molar-refractivity contribution is -0.137. The van der Waals surface area contributed by atoms with E-state index >= 15 is 0 Å². The van der Waals surface area contributed by atoms with E-state index in [1.165, 1.54) is 0 Å². The normalized spacial score (nSPS) is 12.2. The molecule has 1 atom stereocenters. The molecule has 0 saturated heterocycles. The molecule has 2 N–H and O–H groups in total. The Morgan fingerprint density at radius 1 is 1.53 bits per heavy atom. The first-order chi connectivity index (χ1) is 9.19. The quantitative estimate of drug-likeness (QED) is 0.724. The molecule has 2 heterocycles. The third-order valence-electron chi connectivity index (χ3n) is 2.88. The highest BCUT2D eigenvalue weighted by molar-refractivity contribution is 5.66. The van der Waals surface area contributed by atoms with Gasteiger partial charge in [0.05, 0.1) is 5.69 Å². The first kappa shape index (κ1) is 13.1. The van der Waals surface area contributed by atoms with E-state index in [-0.39, 0.29) is 12.5 Å². The third-order valence-corrected chi connectivity index (χ3v) is 2.88. The summed E-state index contributed by atoms with van der Waals surface area (Å²) in [5, 5.41) is 11.3. The van der Waals surface area contributed by atoms with Crippen molar-refractivity contribution in [1.82, 2.24) is 14.7 Å². The van der Waals surface area contributed by atoms with Crippen LogP contribution in [0.3, 0.4) is 0 Å². The summed E-state index contributed by atoms with van der Waals surface area (Å²) in [5.41, 5.74) is 1.66. The van der Waals surface area contributed by atoms with Gasteiger partial charge in [0.2, 0.25) is 6.41 Å². The van der Waals surface area contributed by atoms with Crippen LogP contribution in [-0.2, 0) is 16.0 Å². The Bertz CT molecular complexity index is 546. The summed E-state index contributed by atoms with van der Waals surface area (Å²) in [5.74, 6) is -0.868. The molecule has 19 heavy (non-hydrogen) atoms. The molecule has 1 amide bonds. The van der Waals surface area contributed by atoms with E-state index in [0.717, 1.165) is 11.3 Å². The van der Waals surface area contributed by atoms with Gasteiger partial charge in [-0.05, 0) is 18.6 Å². The molecular weight excluding hydrogens is 246 g/mol. The second-order valence-corrected chi connectivity index (χ2v) is 4.32. The number of carbonyl (C=O) groups is 2. The fourth-order valence-electron chi connectivity index (χ4n) is 1.98. The van der Waals surface area contributed by atoms with Crippen LogP contribution < -0.4 is 5.32 Å². The molecule has 1 unspecified atom stereocenters. The summed E-state index contributed by atoms with van der Waals surface area (Å²) < 4.78 is 1.89. The molecule has 100 valence electrons. The standard InChI is InChI=1S/C13H15N3O3/c17-9-14-10(4-5-13(18)19)7-11-8-16-6-2-1-3-12(16)15-11/h1-3,6,8-10H,4-5,7H2,(H,14,17)(H,18,19). The van der Waals surface area contributed by atoms with Crippen molar-refractivity contribution >= 4 is 18.0 Å². The molecule has 2 aromatic heterocycles. The van der Waals surface area contributed by atoms with Crippen molar-refractivity contribution in [2.45, 2.75) is 25.3 Å². The van der Waals surface area contributed by atoms with Crippen LogP contribution in [0.1, 0.15) is 18.5 Å². The number of imidazole rings is 1. The van der Waals surface area contributed by atoms with Gasteiger partial charge in [-0.15, -0.1) is 0 Å². The van der Waals surface area contributed by atoms with Crippen molar-refractivity contribution in [2.75, 3.05) is 0 Å². The molecule has 0 aromatic carbocycles. The zero-order valence-electron chi connectivity index (χ0n) is 10.3. The van der Waals surface area contributed by atoms with Crippen LogP contribution in [0.4, 0.5) is 0 Å². The van der Waals surface area contributed by atoms with Crippen LogP contribution in [0.25, 0.3) is 5.65 Å². The molecule has 0 aliphatic heterocycles. The van der Waals surface area contributed by atoms with E-state index < -0.39 is 5.97 Å². The molecule has 2 aromatic rings. The van der Waals surface area contributed by atoms with Crippen LogP contribution in [0.15, 0.2) is 30.6 Å². The van der Waals surface area contributed by atoms with Gasteiger partial charge in [-0.1, -0.05) is 6.07 Å². The van der Waals surface area contributed by atoms with E-state index in [0.29, 0.717) is 19.3 Å². The summed E-state index contributed by atoms with van der Waals surface area (Å²) in [7, 11) is 0. The van der Waals surface area contributed by atoms with Gasteiger partial charge in [-0.25, -0.2) is 4.98 Å². The first-order valence-electron chi connectivity index (χ1n) is 6.03. The summed E-state index contributed by atoms with van der Waals surface area (Å²) in [6, 6.07) is 5.49. The molecule has 6 nitrogen and oxygen atoms in total. The van der Waals surface area contributed by atoms with Crippen molar-refractivity contribution in [2.24, 2.45) is 0 Å². The number of aliphatic carboxylic acids is 1. The van der Waals surface area contributed by atoms with E-state index in [4.69, 9.17) is 5.11 Å². The molecule has 0 aliphatic rings. The first-order valence-corrected chi connectivity index (χ1v) is 6.03. The minimum Gasteiger partial charge on any atom is -0.481 e. The largest absolute Gasteiger partial charge is 0.481 e. The molecule has 0 aliphatic carbocycles. The Morgan fingerprint density at radius 3 is 3.05 bits per heavy atom. The van der Waals surface area contributed by atoms with E-state index in [1.807, 2.05) is 35.0 Å². The van der Waals surface area contributed by atoms with Crippen molar-refractivity contribution in [3.63, 3.8) is 0 Å². The number of aromatic nitrogens is 2. The van der Waals surface area contributed by atoms with Gasteiger partial charge in [0.25, 0.3) is 0 Å². The highest BCUT2D eigenvalue weighted by Crippen LogP contribution is 2.09. The van der Waals surface area contributed by atoms with Gasteiger partial charge in [0, 0.05) is 31.3 Å². The Morgan fingerprint density at radius 2 is 2.37 bits per heavy atom. The fourth-order valence-corrected chi connectivity index (χ4v) is 1.98. The lowest BCUT2D eigenvalue weighted by atomic mass is 10.1. The van der Waals surface area contributed by atoms with E-state index in [1.54, 1.807) is 0 Å². The SMILES string of the molecule is O=CNC(CCC(=O)O)Cc1cn2ccccc2n1. The summed E-state index contributed by atoms with van der Waals surface area (Å²) in [4.78, 5) is 25.5. The topological polar surface area (TPSA) is 83.7 Å². The molecule has 0 saturated carbocycles. The van der Waals surface area contributed by atoms with Crippen molar-refractivity contribution in [1.29, 1.82) is 0 Å². The zero-order valence-corrected chi connectivity index (χ0v) is 10.3. The van der Waals surface area contributed by atoms with Crippen molar-refractivity contribution in [3.8, 4) is 0 Å². The number of carboxylic acid groups (broad SMARTS) is 1. The number of carboxylic acids is 1. The predicted octanol–water partition coefficient (Wildman–Crippen LogP) is 0.856. The van der Waals surface area contributed by atoms with Crippen LogP contribution in [0.5, 0.6) is 0 Å². The van der Waals surface area contributed by atoms with Gasteiger partial charge in [0.15, 0.2) is 0 Å². The smallest absolute Gasteiger partial charge is 0.303 e. The van der Waals surface area contributed by atoms with Crippen LogP contribution in [0, 0.1) is 0 Å². The Kier molecular flexibility index (Phi) is 4.12. The highest BCUT2D eigenvalue weighted by Gasteiger charge is 2.12. The lowest BCUT2D eigenvalue weighted by Crippen LogP contribution is -2.30. The molecule has 6 heteroatoms. The Balaban J connectivity index is 2.06. The number of carbonyl (C=O) groups excluding carboxylic acids is 1. The molecule has 2 rings (SSSR count). The average molecular weight is 261 g/mol. The highest BCUT2D eigenvalue weighted by atomic mass is 16.4. The minimum atomic E-state index is -0.868. The van der Waals surface area contributed by atoms with Crippen LogP contribution >= 0.6 is 0 Å². The van der Waals surface area contributed by atoms with E-state index in [2.05, 4.69) is 10.3 Å². The van der Waals surface area contributed by atoms with E-state index in [9.17, 15) is 9.59 Å². The average Bonchev–Trinajstić information content (AvgIpc) is 2.78. The van der Waals surface area contributed by atoms with Gasteiger partial charge in [0.1, 0.15) is 5.65 Å². The fraction of sp³-hybridized carbons (Fsp3) is 0.308. The number of nitrogens with one attached hydrogen (secondary N) is 1. The number of hydrogen-bond donors (Lipinski definition) is 2. The number of amides is 1. The van der Waals surface area contributed by atoms with Crippen LogP contribution in [-0.4, -0.2) is 32.9 Å². The summed E-state index contributed by atoms with van der Waals surface area (Å²) in [6.07, 6.45) is 5.32. The second kappa shape index (κ2) is 5.99. The number of nitrogens with zero attached hydrogens (tertiary/aromatic N) is 2. The number of rotatable bonds is 7.